The van der Waals surface area contributed by atoms with Gasteiger partial charge < -0.3 is 21.7 Å². The number of nitrogens with two attached hydrogens (primary N) is 2. The van der Waals surface area contributed by atoms with E-state index in [-0.39, 0.29) is 6.04 Å². The van der Waals surface area contributed by atoms with Crippen molar-refractivity contribution in [1.29, 1.82) is 0 Å². The van der Waals surface area contributed by atoms with E-state index in [1.165, 1.54) is 10.8 Å². The minimum absolute atomic E-state index is 0.0684. The molecule has 6 N–H and O–H groups in total. The zero-order valence-corrected chi connectivity index (χ0v) is 10.7. The van der Waals surface area contributed by atoms with Gasteiger partial charge in [-0.15, -0.1) is 0 Å². The molecule has 2 aromatic carbocycles. The molecule has 0 aliphatic rings. The maximum Gasteiger partial charge on any atom is 0.414 e. The van der Waals surface area contributed by atoms with Crippen LogP contribution < -0.4 is 11.5 Å². The number of hydrogen-bond acceptors (Lipinski definition) is 4. The Balaban J connectivity index is 0.000000286. The molecule has 2 rings (SSSR count). The van der Waals surface area contributed by atoms with Crippen LogP contribution in [0.25, 0.3) is 10.8 Å². The summed E-state index contributed by atoms with van der Waals surface area (Å²) in [5.74, 6) is -3.65. The summed E-state index contributed by atoms with van der Waals surface area (Å²) in [6.45, 7) is 0.480. The third-order valence-electron chi connectivity index (χ3n) is 2.66. The van der Waals surface area contributed by atoms with E-state index in [9.17, 15) is 0 Å². The molecule has 0 spiro atoms. The van der Waals surface area contributed by atoms with Gasteiger partial charge in [0.15, 0.2) is 0 Å². The van der Waals surface area contributed by atoms with Gasteiger partial charge in [-0.3, -0.25) is 0 Å². The highest BCUT2D eigenvalue weighted by Gasteiger charge is 2.06. The molecule has 0 aliphatic heterocycles. The van der Waals surface area contributed by atoms with Gasteiger partial charge in [-0.2, -0.15) is 0 Å². The lowest BCUT2D eigenvalue weighted by Crippen LogP contribution is -2.20. The first-order valence-electron chi connectivity index (χ1n) is 5.87. The molecular formula is C14H16N2O4. The molecule has 0 heterocycles. The van der Waals surface area contributed by atoms with Gasteiger partial charge in [0.05, 0.1) is 0 Å². The van der Waals surface area contributed by atoms with Crippen LogP contribution in [-0.2, 0) is 9.59 Å². The van der Waals surface area contributed by atoms with Gasteiger partial charge in [0.2, 0.25) is 0 Å². The van der Waals surface area contributed by atoms with Crippen molar-refractivity contribution < 1.29 is 19.8 Å². The number of carbonyl (C=O) groups is 2. The second-order valence-corrected chi connectivity index (χ2v) is 4.02. The summed E-state index contributed by atoms with van der Waals surface area (Å²) >= 11 is 0. The van der Waals surface area contributed by atoms with Gasteiger partial charge in [0.1, 0.15) is 0 Å². The summed E-state index contributed by atoms with van der Waals surface area (Å²) in [6, 6.07) is 14.3. The molecule has 0 saturated carbocycles. The Kier molecular flexibility index (Phi) is 5.64. The van der Waals surface area contributed by atoms with E-state index in [2.05, 4.69) is 18.2 Å². The summed E-state index contributed by atoms with van der Waals surface area (Å²) in [5, 5.41) is 17.2. The van der Waals surface area contributed by atoms with Crippen LogP contribution in [0.2, 0.25) is 0 Å². The first-order chi connectivity index (χ1) is 9.47. The SMILES string of the molecule is NCC(N)c1cccc2ccccc12.O=C(O)C(=O)O. The fraction of sp³-hybridized carbons (Fsp3) is 0.143. The third-order valence-corrected chi connectivity index (χ3v) is 2.66. The minimum atomic E-state index is -1.82. The fourth-order valence-corrected chi connectivity index (χ4v) is 1.70. The number of benzene rings is 2. The molecule has 0 amide bonds. The average molecular weight is 276 g/mol. The Labute approximate surface area is 115 Å². The summed E-state index contributed by atoms with van der Waals surface area (Å²) < 4.78 is 0. The number of hydrogen-bond donors (Lipinski definition) is 4. The highest BCUT2D eigenvalue weighted by molar-refractivity contribution is 6.27. The molecule has 20 heavy (non-hydrogen) atoms. The highest BCUT2D eigenvalue weighted by atomic mass is 16.4. The number of aliphatic carboxylic acids is 2. The molecule has 2 aromatic rings. The van der Waals surface area contributed by atoms with E-state index in [4.69, 9.17) is 31.3 Å². The van der Waals surface area contributed by atoms with Crippen molar-refractivity contribution in [1.82, 2.24) is 0 Å². The summed E-state index contributed by atoms with van der Waals surface area (Å²) in [7, 11) is 0. The molecule has 1 unspecified atom stereocenters. The Morgan fingerprint density at radius 2 is 1.55 bits per heavy atom. The van der Waals surface area contributed by atoms with Crippen LogP contribution in [0, 0.1) is 0 Å². The summed E-state index contributed by atoms with van der Waals surface area (Å²) in [6.07, 6.45) is 0. The van der Waals surface area contributed by atoms with Gasteiger partial charge in [0, 0.05) is 12.6 Å². The smallest absolute Gasteiger partial charge is 0.414 e. The van der Waals surface area contributed by atoms with Gasteiger partial charge in [0.25, 0.3) is 0 Å². The van der Waals surface area contributed by atoms with E-state index < -0.39 is 11.9 Å². The number of carboxylic acids is 2. The summed E-state index contributed by atoms with van der Waals surface area (Å²) in [4.78, 5) is 18.2. The monoisotopic (exact) mass is 276 g/mol. The summed E-state index contributed by atoms with van der Waals surface area (Å²) in [5.41, 5.74) is 12.6. The number of carboxylic acid groups (broad SMARTS) is 2. The van der Waals surface area contributed by atoms with E-state index >= 15 is 0 Å². The van der Waals surface area contributed by atoms with Crippen LogP contribution in [-0.4, -0.2) is 28.7 Å². The molecule has 0 bridgehead atoms. The zero-order valence-electron chi connectivity index (χ0n) is 10.7. The van der Waals surface area contributed by atoms with Crippen molar-refractivity contribution in [3.8, 4) is 0 Å². The van der Waals surface area contributed by atoms with Crippen molar-refractivity contribution in [2.24, 2.45) is 11.5 Å². The van der Waals surface area contributed by atoms with Crippen molar-refractivity contribution in [3.05, 3.63) is 48.0 Å². The topological polar surface area (TPSA) is 127 Å². The first-order valence-corrected chi connectivity index (χ1v) is 5.87. The normalized spacial score (nSPS) is 11.3. The molecule has 0 radical (unpaired) electrons. The Bertz CT molecular complexity index is 596. The highest BCUT2D eigenvalue weighted by Crippen LogP contribution is 2.22. The third kappa shape index (κ3) is 4.04. The minimum Gasteiger partial charge on any atom is -0.473 e. The molecule has 0 fully saturated rings. The van der Waals surface area contributed by atoms with Gasteiger partial charge in [-0.05, 0) is 16.3 Å². The Morgan fingerprint density at radius 1 is 1.00 bits per heavy atom. The molecule has 6 nitrogen and oxygen atoms in total. The molecule has 0 aromatic heterocycles. The standard InChI is InChI=1S/C12H14N2.C2H2O4/c13-8-12(14)11-7-3-5-9-4-1-2-6-10(9)11;3-1(4)2(5)6/h1-7,12H,8,13-14H2;(H,3,4)(H,5,6). The van der Waals surface area contributed by atoms with Gasteiger partial charge >= 0.3 is 11.9 Å². The second-order valence-electron chi connectivity index (χ2n) is 4.02. The zero-order chi connectivity index (χ0) is 15.1. The van der Waals surface area contributed by atoms with Gasteiger partial charge in [-0.25, -0.2) is 9.59 Å². The predicted molar refractivity (Wildman–Crippen MR) is 75.2 cm³/mol. The lowest BCUT2D eigenvalue weighted by atomic mass is 9.99. The predicted octanol–water partition coefficient (Wildman–Crippen LogP) is 0.954. The van der Waals surface area contributed by atoms with E-state index in [0.717, 1.165) is 5.56 Å². The Morgan fingerprint density at radius 3 is 2.10 bits per heavy atom. The van der Waals surface area contributed by atoms with Crippen molar-refractivity contribution in [2.45, 2.75) is 6.04 Å². The van der Waals surface area contributed by atoms with Crippen LogP contribution in [0.5, 0.6) is 0 Å². The second kappa shape index (κ2) is 7.22. The fourth-order valence-electron chi connectivity index (χ4n) is 1.70. The molecule has 6 heteroatoms. The van der Waals surface area contributed by atoms with Crippen molar-refractivity contribution in [3.63, 3.8) is 0 Å². The van der Waals surface area contributed by atoms with E-state index in [1.54, 1.807) is 0 Å². The van der Waals surface area contributed by atoms with Crippen molar-refractivity contribution >= 4 is 22.7 Å². The molecule has 106 valence electrons. The van der Waals surface area contributed by atoms with Crippen LogP contribution in [0.3, 0.4) is 0 Å². The quantitative estimate of drug-likeness (QED) is 0.605. The number of rotatable bonds is 2. The van der Waals surface area contributed by atoms with E-state index in [1.807, 2.05) is 24.3 Å². The molecule has 1 atom stereocenters. The Hall–Kier alpha value is -2.44. The lowest BCUT2D eigenvalue weighted by molar-refractivity contribution is -0.159. The van der Waals surface area contributed by atoms with Gasteiger partial charge in [-0.1, -0.05) is 42.5 Å². The van der Waals surface area contributed by atoms with Crippen LogP contribution >= 0.6 is 0 Å². The maximum absolute atomic E-state index is 9.10. The van der Waals surface area contributed by atoms with Crippen molar-refractivity contribution in [2.75, 3.05) is 6.54 Å². The number of fused-ring (bicyclic) bond motifs is 1. The first kappa shape index (κ1) is 15.6. The largest absolute Gasteiger partial charge is 0.473 e. The van der Waals surface area contributed by atoms with E-state index in [0.29, 0.717) is 6.54 Å². The van der Waals surface area contributed by atoms with Crippen LogP contribution in [0.4, 0.5) is 0 Å². The van der Waals surface area contributed by atoms with Crippen LogP contribution in [0.15, 0.2) is 42.5 Å². The lowest BCUT2D eigenvalue weighted by Gasteiger charge is -2.12. The average Bonchev–Trinajstić information content (AvgIpc) is 2.46. The molecule has 0 saturated heterocycles. The molecule has 0 aliphatic carbocycles. The van der Waals surface area contributed by atoms with Crippen LogP contribution in [0.1, 0.15) is 11.6 Å². The maximum atomic E-state index is 9.10. The molecular weight excluding hydrogens is 260 g/mol.